The molecule has 0 aliphatic rings. The van der Waals surface area contributed by atoms with Gasteiger partial charge in [0.05, 0.1) is 10.6 Å². The van der Waals surface area contributed by atoms with Crippen molar-refractivity contribution in [2.24, 2.45) is 0 Å². The molecule has 0 aliphatic heterocycles. The number of halogens is 4. The Morgan fingerprint density at radius 1 is 1.46 bits per heavy atom. The molecule has 2 heterocycles. The van der Waals surface area contributed by atoms with Crippen molar-refractivity contribution in [1.29, 1.82) is 0 Å². The Kier molecular flexibility index (Phi) is 6.70. The first-order chi connectivity index (χ1) is 11.4. The van der Waals surface area contributed by atoms with Gasteiger partial charge < -0.3 is 5.32 Å². The fourth-order valence-electron chi connectivity index (χ4n) is 1.61. The number of aromatic nitrogens is 1. The van der Waals surface area contributed by atoms with Crippen molar-refractivity contribution in [1.82, 2.24) is 10.3 Å². The fraction of sp³-hybridized carbons (Fsp3) is 0.200. The van der Waals surface area contributed by atoms with E-state index in [4.69, 9.17) is 11.6 Å². The van der Waals surface area contributed by atoms with Gasteiger partial charge in [-0.2, -0.15) is 24.5 Å². The van der Waals surface area contributed by atoms with E-state index in [-0.39, 0.29) is 10.9 Å². The van der Waals surface area contributed by atoms with Crippen LogP contribution in [0.15, 0.2) is 40.2 Å². The van der Waals surface area contributed by atoms with E-state index in [1.165, 1.54) is 29.2 Å². The summed E-state index contributed by atoms with van der Waals surface area (Å²) in [4.78, 5) is 15.3. The predicted molar refractivity (Wildman–Crippen MR) is 91.3 cm³/mol. The van der Waals surface area contributed by atoms with Crippen molar-refractivity contribution in [2.45, 2.75) is 11.2 Å². The number of nitrogens with zero attached hydrogens (tertiary/aromatic N) is 1. The Morgan fingerprint density at radius 2 is 2.25 bits per heavy atom. The summed E-state index contributed by atoms with van der Waals surface area (Å²) in [7, 11) is 0. The van der Waals surface area contributed by atoms with Gasteiger partial charge in [0.15, 0.2) is 0 Å². The van der Waals surface area contributed by atoms with E-state index < -0.39 is 11.7 Å². The molecule has 9 heteroatoms. The predicted octanol–water partition coefficient (Wildman–Crippen LogP) is 4.74. The van der Waals surface area contributed by atoms with Crippen LogP contribution >= 0.6 is 34.7 Å². The van der Waals surface area contributed by atoms with Gasteiger partial charge >= 0.3 is 6.18 Å². The number of alkyl halides is 3. The third-order valence-corrected chi connectivity index (χ3v) is 4.85. The smallest absolute Gasteiger partial charge is 0.352 e. The molecule has 0 saturated heterocycles. The molecule has 2 rings (SSSR count). The SMILES string of the molecule is O=C(/C=C/c1ccsc1)NCCSc1ncc(C(F)(F)F)cc1Cl. The molecule has 0 aliphatic carbocycles. The van der Waals surface area contributed by atoms with Crippen LogP contribution in [0.2, 0.25) is 5.02 Å². The normalized spacial score (nSPS) is 11.8. The second-order valence-corrected chi connectivity index (χ2v) is 6.81. The lowest BCUT2D eigenvalue weighted by molar-refractivity contribution is -0.137. The van der Waals surface area contributed by atoms with E-state index in [1.54, 1.807) is 6.08 Å². The number of carbonyl (C=O) groups is 1. The van der Waals surface area contributed by atoms with Crippen LogP contribution in [0.1, 0.15) is 11.1 Å². The van der Waals surface area contributed by atoms with E-state index >= 15 is 0 Å². The minimum Gasteiger partial charge on any atom is -0.352 e. The molecule has 2 aromatic heterocycles. The summed E-state index contributed by atoms with van der Waals surface area (Å²) in [6.45, 7) is 0.344. The molecule has 1 N–H and O–H groups in total. The van der Waals surface area contributed by atoms with E-state index in [9.17, 15) is 18.0 Å². The first kappa shape index (κ1) is 18.8. The summed E-state index contributed by atoms with van der Waals surface area (Å²) in [6.07, 6.45) is -0.595. The zero-order valence-electron chi connectivity index (χ0n) is 12.1. The van der Waals surface area contributed by atoms with Crippen molar-refractivity contribution in [3.8, 4) is 0 Å². The summed E-state index contributed by atoms with van der Waals surface area (Å²) >= 11 is 8.52. The first-order valence-electron chi connectivity index (χ1n) is 6.70. The van der Waals surface area contributed by atoms with Gasteiger partial charge in [-0.1, -0.05) is 11.6 Å². The van der Waals surface area contributed by atoms with Gasteiger partial charge in [0, 0.05) is 24.6 Å². The van der Waals surface area contributed by atoms with Crippen molar-refractivity contribution in [3.63, 3.8) is 0 Å². The Morgan fingerprint density at radius 3 is 2.88 bits per heavy atom. The monoisotopic (exact) mass is 392 g/mol. The van der Waals surface area contributed by atoms with Crippen molar-refractivity contribution in [3.05, 3.63) is 51.3 Å². The Balaban J connectivity index is 1.77. The number of pyridine rings is 1. The van der Waals surface area contributed by atoms with Gasteiger partial charge in [0.25, 0.3) is 0 Å². The largest absolute Gasteiger partial charge is 0.417 e. The van der Waals surface area contributed by atoms with Crippen molar-refractivity contribution < 1.29 is 18.0 Å². The van der Waals surface area contributed by atoms with E-state index in [2.05, 4.69) is 10.3 Å². The minimum absolute atomic E-state index is 0.0569. The molecule has 0 aromatic carbocycles. The van der Waals surface area contributed by atoms with Gasteiger partial charge in [-0.05, 0) is 34.5 Å². The molecule has 0 saturated carbocycles. The molecule has 3 nitrogen and oxygen atoms in total. The summed E-state index contributed by atoms with van der Waals surface area (Å²) in [5.41, 5.74) is 0.0639. The molecule has 0 fully saturated rings. The number of carbonyl (C=O) groups excluding carboxylic acids is 1. The van der Waals surface area contributed by atoms with Crippen LogP contribution in [0, 0.1) is 0 Å². The highest BCUT2D eigenvalue weighted by Crippen LogP contribution is 2.33. The van der Waals surface area contributed by atoms with E-state index in [1.807, 2.05) is 16.8 Å². The maximum Gasteiger partial charge on any atom is 0.417 e. The number of amides is 1. The zero-order chi connectivity index (χ0) is 17.6. The van der Waals surface area contributed by atoms with E-state index in [0.717, 1.165) is 17.8 Å². The van der Waals surface area contributed by atoms with Gasteiger partial charge in [-0.25, -0.2) is 4.98 Å². The van der Waals surface area contributed by atoms with E-state index in [0.29, 0.717) is 17.3 Å². The molecule has 2 aromatic rings. The molecule has 128 valence electrons. The Bertz CT molecular complexity index is 718. The number of thiophene rings is 1. The highest BCUT2D eigenvalue weighted by Gasteiger charge is 2.31. The van der Waals surface area contributed by atoms with Gasteiger partial charge in [0.2, 0.25) is 5.91 Å². The van der Waals surface area contributed by atoms with Gasteiger partial charge in [-0.3, -0.25) is 4.79 Å². The molecule has 0 spiro atoms. The number of hydrogen-bond donors (Lipinski definition) is 1. The second-order valence-electron chi connectivity index (χ2n) is 4.54. The summed E-state index contributed by atoms with van der Waals surface area (Å²) < 4.78 is 37.5. The second kappa shape index (κ2) is 8.55. The maximum absolute atomic E-state index is 12.5. The van der Waals surface area contributed by atoms with Crippen molar-refractivity contribution in [2.75, 3.05) is 12.3 Å². The lowest BCUT2D eigenvalue weighted by Crippen LogP contribution is -2.23. The van der Waals surface area contributed by atoms with Gasteiger partial charge in [-0.15, -0.1) is 11.8 Å². The number of hydrogen-bond acceptors (Lipinski definition) is 4. The highest BCUT2D eigenvalue weighted by molar-refractivity contribution is 7.99. The summed E-state index contributed by atoms with van der Waals surface area (Å²) in [5, 5.41) is 6.74. The van der Waals surface area contributed by atoms with Crippen LogP contribution in [0.5, 0.6) is 0 Å². The Labute approximate surface area is 149 Å². The molecule has 24 heavy (non-hydrogen) atoms. The standard InChI is InChI=1S/C15H12ClF3N2OS2/c16-12-7-11(15(17,18)19)8-21-14(12)24-6-4-20-13(22)2-1-10-3-5-23-9-10/h1-3,5,7-9H,4,6H2,(H,20,22)/b2-1+. The molecular formula is C15H12ClF3N2OS2. The zero-order valence-corrected chi connectivity index (χ0v) is 14.5. The van der Waals surface area contributed by atoms with Crippen LogP contribution in [0.25, 0.3) is 6.08 Å². The van der Waals surface area contributed by atoms with Crippen LogP contribution in [0.3, 0.4) is 0 Å². The first-order valence-corrected chi connectivity index (χ1v) is 9.00. The van der Waals surface area contributed by atoms with Crippen molar-refractivity contribution >= 4 is 46.7 Å². The summed E-state index contributed by atoms with van der Waals surface area (Å²) in [5.74, 6) is 0.198. The molecule has 0 bridgehead atoms. The Hall–Kier alpha value is -1.51. The lowest BCUT2D eigenvalue weighted by Gasteiger charge is -2.09. The maximum atomic E-state index is 12.5. The number of nitrogens with one attached hydrogen (secondary N) is 1. The van der Waals surface area contributed by atoms with Crippen LogP contribution in [-0.4, -0.2) is 23.2 Å². The summed E-state index contributed by atoms with van der Waals surface area (Å²) in [6, 6.07) is 2.74. The quantitative estimate of drug-likeness (QED) is 0.438. The number of rotatable bonds is 6. The van der Waals surface area contributed by atoms with Gasteiger partial charge in [0.1, 0.15) is 5.03 Å². The third-order valence-electron chi connectivity index (χ3n) is 2.75. The van der Waals surface area contributed by atoms with Crippen LogP contribution in [-0.2, 0) is 11.0 Å². The minimum atomic E-state index is -4.47. The third kappa shape index (κ3) is 5.85. The molecular weight excluding hydrogens is 381 g/mol. The number of thioether (sulfide) groups is 1. The average Bonchev–Trinajstić information content (AvgIpc) is 3.03. The molecule has 0 unspecified atom stereocenters. The topological polar surface area (TPSA) is 42.0 Å². The van der Waals surface area contributed by atoms with Crippen LogP contribution < -0.4 is 5.32 Å². The lowest BCUT2D eigenvalue weighted by atomic mass is 10.3. The van der Waals surface area contributed by atoms with Crippen LogP contribution in [0.4, 0.5) is 13.2 Å². The molecule has 0 radical (unpaired) electrons. The molecule has 0 atom stereocenters. The molecule has 1 amide bonds. The average molecular weight is 393 g/mol. The fourth-order valence-corrected chi connectivity index (χ4v) is 3.29. The highest BCUT2D eigenvalue weighted by atomic mass is 35.5.